The molecule has 2 aromatic carbocycles. The third-order valence-corrected chi connectivity index (χ3v) is 2.88. The molecule has 2 amide bonds. The molecule has 0 heterocycles. The average Bonchev–Trinajstić information content (AvgIpc) is 2.54. The topological polar surface area (TPSA) is 67.4 Å². The van der Waals surface area contributed by atoms with Crippen molar-refractivity contribution in [2.24, 2.45) is 0 Å². The smallest absolute Gasteiger partial charge is 0.387 e. The molecule has 0 aliphatic carbocycles. The quantitative estimate of drug-likeness (QED) is 0.851. The first kappa shape index (κ1) is 17.3. The molecule has 0 saturated heterocycles. The molecule has 2 N–H and O–H groups in total. The molecule has 0 aliphatic rings. The maximum absolute atomic E-state index is 12.8. The van der Waals surface area contributed by atoms with Crippen molar-refractivity contribution in [2.75, 3.05) is 11.9 Å². The second kappa shape index (κ2) is 8.00. The Morgan fingerprint density at radius 1 is 1.00 bits per heavy atom. The molecule has 0 saturated carbocycles. The molecular formula is C16H13F3N2O3. The number of halogens is 3. The van der Waals surface area contributed by atoms with Crippen LogP contribution >= 0.6 is 0 Å². The summed E-state index contributed by atoms with van der Waals surface area (Å²) in [6, 6.07) is 10.2. The van der Waals surface area contributed by atoms with Crippen LogP contribution in [0.2, 0.25) is 0 Å². The van der Waals surface area contributed by atoms with Crippen LogP contribution in [0.15, 0.2) is 48.5 Å². The fourth-order valence-electron chi connectivity index (χ4n) is 1.79. The predicted molar refractivity (Wildman–Crippen MR) is 80.4 cm³/mol. The zero-order valence-corrected chi connectivity index (χ0v) is 12.3. The summed E-state index contributed by atoms with van der Waals surface area (Å²) in [6.07, 6.45) is 0. The molecule has 0 fully saturated rings. The van der Waals surface area contributed by atoms with E-state index >= 15 is 0 Å². The summed E-state index contributed by atoms with van der Waals surface area (Å²) in [5.41, 5.74) is 0.579. The first-order valence-electron chi connectivity index (χ1n) is 6.82. The van der Waals surface area contributed by atoms with Gasteiger partial charge in [-0.05, 0) is 48.5 Å². The van der Waals surface area contributed by atoms with Crippen molar-refractivity contribution in [3.63, 3.8) is 0 Å². The Labute approximate surface area is 135 Å². The summed E-state index contributed by atoms with van der Waals surface area (Å²) >= 11 is 0. The van der Waals surface area contributed by atoms with E-state index in [4.69, 9.17) is 0 Å². The summed E-state index contributed by atoms with van der Waals surface area (Å²) < 4.78 is 41.0. The number of benzene rings is 2. The van der Waals surface area contributed by atoms with Gasteiger partial charge in [-0.15, -0.1) is 0 Å². The van der Waals surface area contributed by atoms with Crippen LogP contribution < -0.4 is 15.4 Å². The molecule has 0 bridgehead atoms. The van der Waals surface area contributed by atoms with Crippen molar-refractivity contribution in [3.8, 4) is 5.75 Å². The van der Waals surface area contributed by atoms with E-state index in [1.54, 1.807) is 0 Å². The largest absolute Gasteiger partial charge is 0.435 e. The third-order valence-electron chi connectivity index (χ3n) is 2.88. The summed E-state index contributed by atoms with van der Waals surface area (Å²) in [4.78, 5) is 23.5. The van der Waals surface area contributed by atoms with Crippen LogP contribution in [0.4, 0.5) is 18.9 Å². The Morgan fingerprint density at radius 2 is 1.62 bits per heavy atom. The molecule has 24 heavy (non-hydrogen) atoms. The zero-order valence-electron chi connectivity index (χ0n) is 12.3. The standard InChI is InChI=1S/C16H13F3N2O3/c17-11-3-1-10(2-4-11)15(23)20-9-14(22)21-12-5-7-13(8-6-12)24-16(18)19/h1-8,16H,9H2,(H,20,23)(H,21,22). The lowest BCUT2D eigenvalue weighted by Crippen LogP contribution is -2.32. The van der Waals surface area contributed by atoms with Crippen molar-refractivity contribution in [1.82, 2.24) is 5.32 Å². The normalized spacial score (nSPS) is 10.3. The molecule has 0 spiro atoms. The van der Waals surface area contributed by atoms with Gasteiger partial charge in [0.25, 0.3) is 5.91 Å². The van der Waals surface area contributed by atoms with E-state index in [9.17, 15) is 22.8 Å². The number of anilines is 1. The minimum atomic E-state index is -2.92. The van der Waals surface area contributed by atoms with Gasteiger partial charge in [-0.2, -0.15) is 8.78 Å². The molecule has 8 heteroatoms. The Hall–Kier alpha value is -3.03. The van der Waals surface area contributed by atoms with E-state index in [0.29, 0.717) is 5.69 Å². The highest BCUT2D eigenvalue weighted by atomic mass is 19.3. The summed E-state index contributed by atoms with van der Waals surface area (Å²) in [5, 5.41) is 4.86. The van der Waals surface area contributed by atoms with Gasteiger partial charge < -0.3 is 15.4 Å². The number of hydrogen-bond acceptors (Lipinski definition) is 3. The van der Waals surface area contributed by atoms with Crippen LogP contribution in [0, 0.1) is 5.82 Å². The Balaban J connectivity index is 1.82. The van der Waals surface area contributed by atoms with Gasteiger partial charge in [-0.25, -0.2) is 4.39 Å². The monoisotopic (exact) mass is 338 g/mol. The van der Waals surface area contributed by atoms with Gasteiger partial charge in [0, 0.05) is 11.3 Å². The molecule has 0 atom stereocenters. The number of amides is 2. The highest BCUT2D eigenvalue weighted by Gasteiger charge is 2.09. The van der Waals surface area contributed by atoms with Crippen molar-refractivity contribution in [2.45, 2.75) is 6.61 Å². The van der Waals surface area contributed by atoms with E-state index in [0.717, 1.165) is 12.1 Å². The van der Waals surface area contributed by atoms with Crippen LogP contribution in [0.1, 0.15) is 10.4 Å². The number of alkyl halides is 2. The number of rotatable bonds is 6. The Bertz CT molecular complexity index is 704. The fraction of sp³-hybridized carbons (Fsp3) is 0.125. The van der Waals surface area contributed by atoms with Gasteiger partial charge >= 0.3 is 6.61 Å². The fourth-order valence-corrected chi connectivity index (χ4v) is 1.79. The number of ether oxygens (including phenoxy) is 1. The van der Waals surface area contributed by atoms with E-state index < -0.39 is 24.2 Å². The first-order valence-corrected chi connectivity index (χ1v) is 6.82. The van der Waals surface area contributed by atoms with Crippen LogP contribution in [0.5, 0.6) is 5.75 Å². The van der Waals surface area contributed by atoms with Gasteiger partial charge in [0.05, 0.1) is 6.54 Å². The maximum Gasteiger partial charge on any atom is 0.387 e. The SMILES string of the molecule is O=C(CNC(=O)c1ccc(F)cc1)Nc1ccc(OC(F)F)cc1. The minimum absolute atomic E-state index is 0.0346. The summed E-state index contributed by atoms with van der Waals surface area (Å²) in [7, 11) is 0. The lowest BCUT2D eigenvalue weighted by atomic mass is 10.2. The lowest BCUT2D eigenvalue weighted by molar-refractivity contribution is -0.115. The highest BCUT2D eigenvalue weighted by molar-refractivity contribution is 5.99. The average molecular weight is 338 g/mol. The van der Waals surface area contributed by atoms with Crippen molar-refractivity contribution in [1.29, 1.82) is 0 Å². The predicted octanol–water partition coefficient (Wildman–Crippen LogP) is 2.80. The van der Waals surface area contributed by atoms with Gasteiger partial charge in [0.2, 0.25) is 5.91 Å². The van der Waals surface area contributed by atoms with Crippen LogP contribution in [0.3, 0.4) is 0 Å². The number of hydrogen-bond donors (Lipinski definition) is 2. The molecule has 5 nitrogen and oxygen atoms in total. The Kier molecular flexibility index (Phi) is 5.78. The lowest BCUT2D eigenvalue weighted by Gasteiger charge is -2.08. The molecule has 0 aliphatic heterocycles. The van der Waals surface area contributed by atoms with Crippen molar-refractivity contribution in [3.05, 3.63) is 59.9 Å². The van der Waals surface area contributed by atoms with E-state index in [1.807, 2.05) is 0 Å². The van der Waals surface area contributed by atoms with E-state index in [2.05, 4.69) is 15.4 Å². The number of nitrogens with one attached hydrogen (secondary N) is 2. The number of carbonyl (C=O) groups excluding carboxylic acids is 2. The summed E-state index contributed by atoms with van der Waals surface area (Å²) in [5.74, 6) is -1.53. The second-order valence-electron chi connectivity index (χ2n) is 4.64. The molecule has 126 valence electrons. The maximum atomic E-state index is 12.8. The number of carbonyl (C=O) groups is 2. The van der Waals surface area contributed by atoms with Crippen molar-refractivity contribution < 1.29 is 27.5 Å². The van der Waals surface area contributed by atoms with Crippen LogP contribution in [-0.4, -0.2) is 25.0 Å². The second-order valence-corrected chi connectivity index (χ2v) is 4.64. The van der Waals surface area contributed by atoms with Gasteiger partial charge in [-0.1, -0.05) is 0 Å². The zero-order chi connectivity index (χ0) is 17.5. The highest BCUT2D eigenvalue weighted by Crippen LogP contribution is 2.17. The van der Waals surface area contributed by atoms with E-state index in [-0.39, 0.29) is 17.9 Å². The van der Waals surface area contributed by atoms with Gasteiger partial charge in [-0.3, -0.25) is 9.59 Å². The molecule has 2 aromatic rings. The van der Waals surface area contributed by atoms with Gasteiger partial charge in [0.1, 0.15) is 11.6 Å². The molecule has 0 aromatic heterocycles. The van der Waals surface area contributed by atoms with Crippen molar-refractivity contribution >= 4 is 17.5 Å². The van der Waals surface area contributed by atoms with E-state index in [1.165, 1.54) is 36.4 Å². The van der Waals surface area contributed by atoms with Crippen LogP contribution in [-0.2, 0) is 4.79 Å². The molecule has 0 unspecified atom stereocenters. The van der Waals surface area contributed by atoms with Gasteiger partial charge in [0.15, 0.2) is 0 Å². The first-order chi connectivity index (χ1) is 11.4. The third kappa shape index (κ3) is 5.31. The summed E-state index contributed by atoms with van der Waals surface area (Å²) in [6.45, 7) is -3.22. The Morgan fingerprint density at radius 3 is 2.21 bits per heavy atom. The molecule has 2 rings (SSSR count). The minimum Gasteiger partial charge on any atom is -0.435 e. The molecule has 0 radical (unpaired) electrons. The molecular weight excluding hydrogens is 325 g/mol. The van der Waals surface area contributed by atoms with Crippen LogP contribution in [0.25, 0.3) is 0 Å².